The Morgan fingerprint density at radius 2 is 2.16 bits per heavy atom. The van der Waals surface area contributed by atoms with Crippen molar-refractivity contribution in [2.45, 2.75) is 13.5 Å². The van der Waals surface area contributed by atoms with Gasteiger partial charge in [-0.2, -0.15) is 5.26 Å². The lowest BCUT2D eigenvalue weighted by Crippen LogP contribution is -2.24. The summed E-state index contributed by atoms with van der Waals surface area (Å²) in [4.78, 5) is 16.3. The highest BCUT2D eigenvalue weighted by molar-refractivity contribution is 5.97. The number of benzene rings is 1. The van der Waals surface area contributed by atoms with Gasteiger partial charge in [0.2, 0.25) is 6.79 Å². The molecule has 0 aliphatic carbocycles. The normalized spacial score (nSPS) is 12.4. The maximum Gasteiger partial charge on any atom is 0.263 e. The molecule has 1 amide bonds. The van der Waals surface area contributed by atoms with E-state index in [9.17, 15) is 10.1 Å². The second kappa shape index (κ2) is 7.36. The molecule has 1 aliphatic heterocycles. The molecule has 0 fully saturated rings. The molecule has 0 saturated carbocycles. The van der Waals surface area contributed by atoms with Crippen molar-refractivity contribution >= 4 is 11.7 Å². The summed E-state index contributed by atoms with van der Waals surface area (Å²) < 4.78 is 10.5. The highest BCUT2D eigenvalue weighted by Crippen LogP contribution is 2.32. The minimum absolute atomic E-state index is 0.0379. The topological polar surface area (TPSA) is 96.3 Å². The van der Waals surface area contributed by atoms with Crippen LogP contribution < -0.4 is 20.1 Å². The van der Waals surface area contributed by atoms with Crippen molar-refractivity contribution in [3.63, 3.8) is 0 Å². The van der Waals surface area contributed by atoms with Crippen molar-refractivity contribution in [2.75, 3.05) is 12.1 Å². The van der Waals surface area contributed by atoms with Gasteiger partial charge in [-0.3, -0.25) is 4.79 Å². The number of aryl methyl sites for hydroxylation is 1. The third-order valence-corrected chi connectivity index (χ3v) is 3.53. The first-order valence-electron chi connectivity index (χ1n) is 7.62. The number of carbonyl (C=O) groups is 1. The van der Waals surface area contributed by atoms with Crippen molar-refractivity contribution in [1.29, 1.82) is 5.26 Å². The van der Waals surface area contributed by atoms with E-state index in [4.69, 9.17) is 9.47 Å². The summed E-state index contributed by atoms with van der Waals surface area (Å²) in [5, 5.41) is 14.7. The number of aromatic nitrogens is 1. The highest BCUT2D eigenvalue weighted by Gasteiger charge is 2.14. The van der Waals surface area contributed by atoms with Gasteiger partial charge in [0.15, 0.2) is 11.5 Å². The number of hydrogen-bond donors (Lipinski definition) is 2. The maximum absolute atomic E-state index is 12.2. The number of amides is 1. The predicted octanol–water partition coefficient (Wildman–Crippen LogP) is 2.25. The third kappa shape index (κ3) is 4.06. The van der Waals surface area contributed by atoms with E-state index in [2.05, 4.69) is 15.6 Å². The van der Waals surface area contributed by atoms with Crippen LogP contribution in [0, 0.1) is 18.3 Å². The van der Waals surface area contributed by atoms with Gasteiger partial charge in [0, 0.05) is 18.9 Å². The average molecular weight is 336 g/mol. The first-order chi connectivity index (χ1) is 12.2. The Labute approximate surface area is 144 Å². The molecule has 1 aliphatic rings. The zero-order chi connectivity index (χ0) is 17.6. The van der Waals surface area contributed by atoms with Crippen LogP contribution in [0.3, 0.4) is 0 Å². The van der Waals surface area contributed by atoms with Crippen LogP contribution in [0.2, 0.25) is 0 Å². The van der Waals surface area contributed by atoms with Gasteiger partial charge in [0.1, 0.15) is 17.5 Å². The van der Waals surface area contributed by atoms with Crippen LogP contribution in [-0.2, 0) is 11.3 Å². The second-order valence-corrected chi connectivity index (χ2v) is 5.40. The standard InChI is InChI=1S/C18H16N4O3/c1-12-4-5-20-17(6-12)21-10-14(8-19)18(23)22-9-13-2-3-15-16(7-13)25-11-24-15/h2-7,10H,9,11H2,1H3,(H,20,21)(H,22,23)/b14-10-. The van der Waals surface area contributed by atoms with E-state index in [1.165, 1.54) is 6.20 Å². The van der Waals surface area contributed by atoms with Crippen LogP contribution >= 0.6 is 0 Å². The number of nitriles is 1. The van der Waals surface area contributed by atoms with Gasteiger partial charge in [0.05, 0.1) is 0 Å². The van der Waals surface area contributed by atoms with Crippen LogP contribution in [0.5, 0.6) is 11.5 Å². The number of rotatable bonds is 5. The number of fused-ring (bicyclic) bond motifs is 1. The molecule has 126 valence electrons. The Kier molecular flexibility index (Phi) is 4.81. The summed E-state index contributed by atoms with van der Waals surface area (Å²) in [5.74, 6) is 1.43. The lowest BCUT2D eigenvalue weighted by molar-refractivity contribution is -0.117. The van der Waals surface area contributed by atoms with E-state index in [1.54, 1.807) is 18.3 Å². The smallest absolute Gasteiger partial charge is 0.263 e. The number of nitrogens with zero attached hydrogens (tertiary/aromatic N) is 2. The molecule has 0 atom stereocenters. The van der Waals surface area contributed by atoms with Crippen molar-refractivity contribution in [1.82, 2.24) is 10.3 Å². The number of ether oxygens (including phenoxy) is 2. The fourth-order valence-electron chi connectivity index (χ4n) is 2.24. The van der Waals surface area contributed by atoms with Gasteiger partial charge in [-0.15, -0.1) is 0 Å². The monoisotopic (exact) mass is 336 g/mol. The summed E-state index contributed by atoms with van der Waals surface area (Å²) in [6.45, 7) is 2.40. The fraction of sp³-hybridized carbons (Fsp3) is 0.167. The second-order valence-electron chi connectivity index (χ2n) is 5.40. The largest absolute Gasteiger partial charge is 0.454 e. The molecule has 0 unspecified atom stereocenters. The van der Waals surface area contributed by atoms with Gasteiger partial charge in [-0.1, -0.05) is 6.07 Å². The molecule has 3 rings (SSSR count). The Bertz CT molecular complexity index is 871. The molecule has 2 N–H and O–H groups in total. The molecule has 2 heterocycles. The molecule has 7 heteroatoms. The minimum atomic E-state index is -0.472. The summed E-state index contributed by atoms with van der Waals surface area (Å²) in [7, 11) is 0. The molecule has 0 spiro atoms. The SMILES string of the molecule is Cc1ccnc(N/C=C(/C#N)C(=O)NCc2ccc3c(c2)OCO3)c1. The zero-order valence-corrected chi connectivity index (χ0v) is 13.6. The van der Waals surface area contributed by atoms with Gasteiger partial charge in [-0.25, -0.2) is 4.98 Å². The number of carbonyl (C=O) groups excluding carboxylic acids is 1. The molecule has 0 saturated heterocycles. The third-order valence-electron chi connectivity index (χ3n) is 3.53. The van der Waals surface area contributed by atoms with E-state index in [-0.39, 0.29) is 18.9 Å². The lowest BCUT2D eigenvalue weighted by Gasteiger charge is -2.06. The van der Waals surface area contributed by atoms with E-state index >= 15 is 0 Å². The molecular weight excluding hydrogens is 320 g/mol. The van der Waals surface area contributed by atoms with Crippen LogP contribution in [0.15, 0.2) is 48.3 Å². The van der Waals surface area contributed by atoms with Gasteiger partial charge < -0.3 is 20.1 Å². The van der Waals surface area contributed by atoms with Crippen molar-refractivity contribution in [2.24, 2.45) is 0 Å². The van der Waals surface area contributed by atoms with Crippen molar-refractivity contribution in [3.8, 4) is 17.6 Å². The van der Waals surface area contributed by atoms with Crippen LogP contribution in [0.4, 0.5) is 5.82 Å². The van der Waals surface area contributed by atoms with E-state index in [1.807, 2.05) is 31.2 Å². The molecule has 2 aromatic rings. The maximum atomic E-state index is 12.2. The van der Waals surface area contributed by atoms with Crippen LogP contribution in [-0.4, -0.2) is 17.7 Å². The van der Waals surface area contributed by atoms with E-state index in [0.29, 0.717) is 17.3 Å². The lowest BCUT2D eigenvalue weighted by atomic mass is 10.2. The minimum Gasteiger partial charge on any atom is -0.454 e. The molecule has 0 radical (unpaired) electrons. The summed E-state index contributed by atoms with van der Waals surface area (Å²) >= 11 is 0. The van der Waals surface area contributed by atoms with Gasteiger partial charge >= 0.3 is 0 Å². The number of hydrogen-bond acceptors (Lipinski definition) is 6. The fourth-order valence-corrected chi connectivity index (χ4v) is 2.24. The number of nitrogens with one attached hydrogen (secondary N) is 2. The molecule has 1 aromatic heterocycles. The van der Waals surface area contributed by atoms with Crippen LogP contribution in [0.1, 0.15) is 11.1 Å². The quantitative estimate of drug-likeness (QED) is 0.642. The Balaban J connectivity index is 1.60. The first kappa shape index (κ1) is 16.3. The van der Waals surface area contributed by atoms with Crippen molar-refractivity contribution < 1.29 is 14.3 Å². The molecule has 7 nitrogen and oxygen atoms in total. The molecule has 1 aromatic carbocycles. The van der Waals surface area contributed by atoms with Crippen LogP contribution in [0.25, 0.3) is 0 Å². The summed E-state index contributed by atoms with van der Waals surface area (Å²) in [6.07, 6.45) is 2.99. The van der Waals surface area contributed by atoms with E-state index < -0.39 is 5.91 Å². The summed E-state index contributed by atoms with van der Waals surface area (Å²) in [5.41, 5.74) is 1.84. The molecule has 25 heavy (non-hydrogen) atoms. The number of anilines is 1. The molecular formula is C18H16N4O3. The van der Waals surface area contributed by atoms with Crippen molar-refractivity contribution in [3.05, 3.63) is 59.4 Å². The Morgan fingerprint density at radius 3 is 2.96 bits per heavy atom. The zero-order valence-electron chi connectivity index (χ0n) is 13.6. The predicted molar refractivity (Wildman–Crippen MR) is 90.7 cm³/mol. The highest BCUT2D eigenvalue weighted by atomic mass is 16.7. The average Bonchev–Trinajstić information content (AvgIpc) is 3.08. The molecule has 0 bridgehead atoms. The Morgan fingerprint density at radius 1 is 1.32 bits per heavy atom. The summed E-state index contributed by atoms with van der Waals surface area (Å²) in [6, 6.07) is 11.0. The van der Waals surface area contributed by atoms with E-state index in [0.717, 1.165) is 11.1 Å². The van der Waals surface area contributed by atoms with Gasteiger partial charge in [0.25, 0.3) is 5.91 Å². The Hall–Kier alpha value is -3.53. The number of pyridine rings is 1. The first-order valence-corrected chi connectivity index (χ1v) is 7.62. The van der Waals surface area contributed by atoms with Gasteiger partial charge in [-0.05, 0) is 42.3 Å².